The van der Waals surface area contributed by atoms with Crippen molar-refractivity contribution >= 4 is 23.3 Å². The molecule has 7 nitrogen and oxygen atoms in total. The number of nitrogens with zero attached hydrogens (tertiary/aromatic N) is 4. The molecule has 0 amide bonds. The highest BCUT2D eigenvalue weighted by molar-refractivity contribution is 7.99. The molecule has 1 N–H and O–H groups in total. The lowest BCUT2D eigenvalue weighted by Gasteiger charge is -2.08. The molecule has 0 aliphatic rings. The number of aromatic nitrogens is 3. The molecule has 2 aromatic rings. The normalized spacial score (nSPS) is 11.7. The van der Waals surface area contributed by atoms with Gasteiger partial charge in [-0.15, -0.1) is 16.8 Å². The van der Waals surface area contributed by atoms with Crippen molar-refractivity contribution in [3.8, 4) is 17.5 Å². The Balaban J connectivity index is 2.23. The molecule has 2 heterocycles. The molecule has 24 heavy (non-hydrogen) atoms. The number of hydrogen-bond acceptors (Lipinski definition) is 7. The number of rotatable bonds is 8. The zero-order chi connectivity index (χ0) is 17.7. The van der Waals surface area contributed by atoms with Gasteiger partial charge < -0.3 is 9.83 Å². The van der Waals surface area contributed by atoms with E-state index < -0.39 is 5.92 Å². The zero-order valence-electron chi connectivity index (χ0n) is 13.4. The van der Waals surface area contributed by atoms with Crippen LogP contribution in [0.2, 0.25) is 0 Å². The number of carbonyl (C=O) groups excluding carboxylic acids is 1. The van der Waals surface area contributed by atoms with E-state index >= 15 is 0 Å². The second kappa shape index (κ2) is 7.75. The fourth-order valence-corrected chi connectivity index (χ4v) is 2.99. The van der Waals surface area contributed by atoms with Crippen LogP contribution in [0.4, 0.5) is 0 Å². The Morgan fingerprint density at radius 1 is 1.62 bits per heavy atom. The number of allylic oxidation sites excluding steroid dienone is 1. The number of hydrogen-bond donors (Lipinski definition) is 1. The van der Waals surface area contributed by atoms with E-state index in [2.05, 4.69) is 16.8 Å². The van der Waals surface area contributed by atoms with Crippen LogP contribution in [0.3, 0.4) is 0 Å². The van der Waals surface area contributed by atoms with Crippen LogP contribution in [-0.4, -0.2) is 32.0 Å². The number of ketones is 1. The van der Waals surface area contributed by atoms with Crippen molar-refractivity contribution in [1.82, 2.24) is 14.8 Å². The Morgan fingerprint density at radius 2 is 2.38 bits per heavy atom. The molecule has 2 rings (SSSR count). The third-order valence-electron chi connectivity index (χ3n) is 3.36. The van der Waals surface area contributed by atoms with Crippen molar-refractivity contribution in [2.45, 2.75) is 25.5 Å². The average Bonchev–Trinajstić information content (AvgIpc) is 3.12. The van der Waals surface area contributed by atoms with E-state index in [1.165, 1.54) is 18.7 Å². The summed E-state index contributed by atoms with van der Waals surface area (Å²) in [6, 6.07) is 3.66. The van der Waals surface area contributed by atoms with E-state index in [1.807, 2.05) is 23.6 Å². The second-order valence-electron chi connectivity index (χ2n) is 5.10. The molecule has 8 heteroatoms. The molecule has 1 atom stereocenters. The summed E-state index contributed by atoms with van der Waals surface area (Å²) in [6.45, 7) is 7.51. The van der Waals surface area contributed by atoms with Crippen LogP contribution < -0.4 is 0 Å². The van der Waals surface area contributed by atoms with Crippen molar-refractivity contribution < 1.29 is 9.21 Å². The number of carbonyl (C=O) groups is 1. The molecule has 0 saturated heterocycles. The van der Waals surface area contributed by atoms with Crippen LogP contribution in [0, 0.1) is 29.6 Å². The lowest BCUT2D eigenvalue weighted by Crippen LogP contribution is -2.21. The third kappa shape index (κ3) is 3.63. The van der Waals surface area contributed by atoms with Gasteiger partial charge in [0.15, 0.2) is 16.8 Å². The van der Waals surface area contributed by atoms with Crippen LogP contribution >= 0.6 is 11.8 Å². The predicted molar refractivity (Wildman–Crippen MR) is 90.9 cm³/mol. The van der Waals surface area contributed by atoms with Crippen LogP contribution in [0.5, 0.6) is 0 Å². The fraction of sp³-hybridized carbons (Fsp3) is 0.312. The monoisotopic (exact) mass is 343 g/mol. The summed E-state index contributed by atoms with van der Waals surface area (Å²) in [4.78, 5) is 12.1. The Hall–Kier alpha value is -2.66. The van der Waals surface area contributed by atoms with Gasteiger partial charge in [-0.05, 0) is 19.9 Å². The molecule has 0 bridgehead atoms. The molecule has 0 aliphatic carbocycles. The van der Waals surface area contributed by atoms with Gasteiger partial charge in [-0.2, -0.15) is 5.26 Å². The first-order chi connectivity index (χ1) is 11.5. The van der Waals surface area contributed by atoms with Crippen LogP contribution in [0.1, 0.15) is 12.7 Å². The Kier molecular flexibility index (Phi) is 5.71. The fourth-order valence-electron chi connectivity index (χ4n) is 2.13. The summed E-state index contributed by atoms with van der Waals surface area (Å²) in [5.41, 5.74) is 0.873. The molecule has 0 fully saturated rings. The van der Waals surface area contributed by atoms with E-state index in [1.54, 1.807) is 12.3 Å². The predicted octanol–water partition coefficient (Wildman–Crippen LogP) is 2.87. The zero-order valence-corrected chi connectivity index (χ0v) is 14.3. The lowest BCUT2D eigenvalue weighted by molar-refractivity contribution is -0.117. The molecule has 0 saturated carbocycles. The highest BCUT2D eigenvalue weighted by atomic mass is 32.2. The first kappa shape index (κ1) is 17.7. The first-order valence-corrected chi connectivity index (χ1v) is 8.16. The maximum Gasteiger partial charge on any atom is 0.192 e. The molecule has 0 aromatic carbocycles. The van der Waals surface area contributed by atoms with Crippen molar-refractivity contribution in [3.63, 3.8) is 0 Å². The van der Waals surface area contributed by atoms with Crippen molar-refractivity contribution in [3.05, 3.63) is 30.7 Å². The number of Topliss-reactive ketones (excluding diaryl/α,β-unsaturated/α-hetero) is 1. The lowest BCUT2D eigenvalue weighted by atomic mass is 10.0. The molecular weight excluding hydrogens is 326 g/mol. The quantitative estimate of drug-likeness (QED) is 0.448. The molecule has 124 valence electrons. The Labute approximate surface area is 143 Å². The number of thioether (sulfide) groups is 1. The van der Waals surface area contributed by atoms with Crippen molar-refractivity contribution in [1.29, 1.82) is 10.7 Å². The largest absolute Gasteiger partial charge is 0.469 e. The number of nitriles is 1. The molecule has 0 aliphatic heterocycles. The van der Waals surface area contributed by atoms with E-state index in [0.29, 0.717) is 17.5 Å². The summed E-state index contributed by atoms with van der Waals surface area (Å²) in [6.07, 6.45) is 3.30. The third-order valence-corrected chi connectivity index (χ3v) is 4.34. The molecule has 0 radical (unpaired) electrons. The topological polar surface area (TPSA) is 109 Å². The van der Waals surface area contributed by atoms with Gasteiger partial charge in [0.1, 0.15) is 11.7 Å². The highest BCUT2D eigenvalue weighted by Crippen LogP contribution is 2.27. The van der Waals surface area contributed by atoms with E-state index in [0.717, 1.165) is 11.3 Å². The maximum atomic E-state index is 12.1. The smallest absolute Gasteiger partial charge is 0.192 e. The van der Waals surface area contributed by atoms with Gasteiger partial charge >= 0.3 is 0 Å². The van der Waals surface area contributed by atoms with Gasteiger partial charge in [0.05, 0.1) is 23.6 Å². The average molecular weight is 343 g/mol. The van der Waals surface area contributed by atoms with Crippen LogP contribution in [0.15, 0.2) is 34.6 Å². The Bertz CT molecular complexity index is 815. The summed E-state index contributed by atoms with van der Waals surface area (Å²) in [5, 5.41) is 25.3. The van der Waals surface area contributed by atoms with Gasteiger partial charge in [0.2, 0.25) is 0 Å². The SMILES string of the molecule is C=CCn1c(SCC(=O)[C@@H](C#N)C(C)=N)nnc1-c1ccoc1C. The Morgan fingerprint density at radius 3 is 2.92 bits per heavy atom. The number of nitrogens with one attached hydrogen (secondary N) is 1. The van der Waals surface area contributed by atoms with Gasteiger partial charge in [0, 0.05) is 12.3 Å². The van der Waals surface area contributed by atoms with Gasteiger partial charge in [0.25, 0.3) is 0 Å². The molecule has 2 aromatic heterocycles. The number of aryl methyl sites for hydroxylation is 1. The minimum absolute atomic E-state index is 0.0466. The van der Waals surface area contributed by atoms with Gasteiger partial charge in [-0.1, -0.05) is 17.8 Å². The second-order valence-corrected chi connectivity index (χ2v) is 6.04. The first-order valence-electron chi connectivity index (χ1n) is 7.18. The molecular formula is C16H17N5O2S. The van der Waals surface area contributed by atoms with Gasteiger partial charge in [-0.25, -0.2) is 0 Å². The molecule has 0 spiro atoms. The standard InChI is InChI=1S/C16H17N5O2S/c1-4-6-21-15(12-5-7-23-11(12)3)19-20-16(21)24-9-14(22)13(8-17)10(2)18/h4-5,7,13,18H,1,6,9H2,2-3H3/t13-/m0/s1. The minimum Gasteiger partial charge on any atom is -0.469 e. The van der Waals surface area contributed by atoms with Crippen molar-refractivity contribution in [2.75, 3.05) is 5.75 Å². The summed E-state index contributed by atoms with van der Waals surface area (Å²) in [5.74, 6) is 0.0854. The summed E-state index contributed by atoms with van der Waals surface area (Å²) >= 11 is 1.19. The maximum absolute atomic E-state index is 12.1. The minimum atomic E-state index is -1.01. The highest BCUT2D eigenvalue weighted by Gasteiger charge is 2.22. The van der Waals surface area contributed by atoms with Crippen LogP contribution in [0.25, 0.3) is 11.4 Å². The number of furan rings is 1. The van der Waals surface area contributed by atoms with E-state index in [4.69, 9.17) is 15.1 Å². The van der Waals surface area contributed by atoms with E-state index in [9.17, 15) is 4.79 Å². The van der Waals surface area contributed by atoms with Crippen LogP contribution in [-0.2, 0) is 11.3 Å². The van der Waals surface area contributed by atoms with Crippen molar-refractivity contribution in [2.24, 2.45) is 5.92 Å². The van der Waals surface area contributed by atoms with E-state index in [-0.39, 0.29) is 17.2 Å². The van der Waals surface area contributed by atoms with Gasteiger partial charge in [-0.3, -0.25) is 9.36 Å². The molecule has 0 unspecified atom stereocenters. The summed E-state index contributed by atoms with van der Waals surface area (Å²) < 4.78 is 7.14. The summed E-state index contributed by atoms with van der Waals surface area (Å²) in [7, 11) is 0.